The number of thiazole rings is 1. The van der Waals surface area contributed by atoms with E-state index in [0.717, 1.165) is 15.1 Å². The SMILES string of the molecule is O=C1c2ccc(-c3nc4ccccc4c(=O)o3)cc2C(=O)N1c1nc2ccccc2s1. The van der Waals surface area contributed by atoms with E-state index in [2.05, 4.69) is 9.97 Å². The Bertz CT molecular complexity index is 1590. The smallest absolute Gasteiger partial charge is 0.347 e. The number of para-hydroxylation sites is 2. The van der Waals surface area contributed by atoms with Crippen LogP contribution in [-0.2, 0) is 0 Å². The Balaban J connectivity index is 1.45. The molecule has 3 aromatic carbocycles. The molecular weight excluding hydrogens is 414 g/mol. The fraction of sp³-hybridized carbons (Fsp3) is 0. The molecule has 1 aliphatic rings. The molecule has 0 aliphatic carbocycles. The maximum atomic E-state index is 13.1. The summed E-state index contributed by atoms with van der Waals surface area (Å²) in [5.41, 5.74) is 1.64. The van der Waals surface area contributed by atoms with Crippen LogP contribution in [0.3, 0.4) is 0 Å². The average Bonchev–Trinajstić information content (AvgIpc) is 3.32. The van der Waals surface area contributed by atoms with Gasteiger partial charge in [-0.05, 0) is 42.5 Å². The predicted molar refractivity (Wildman–Crippen MR) is 116 cm³/mol. The van der Waals surface area contributed by atoms with Crippen molar-refractivity contribution in [2.75, 3.05) is 4.90 Å². The van der Waals surface area contributed by atoms with Crippen molar-refractivity contribution in [3.05, 3.63) is 88.3 Å². The second kappa shape index (κ2) is 6.41. The van der Waals surface area contributed by atoms with Crippen LogP contribution < -0.4 is 10.5 Å². The normalized spacial score (nSPS) is 13.4. The fourth-order valence-electron chi connectivity index (χ4n) is 3.65. The maximum absolute atomic E-state index is 13.1. The van der Waals surface area contributed by atoms with Crippen molar-refractivity contribution in [2.24, 2.45) is 0 Å². The number of hydrogen-bond donors (Lipinski definition) is 0. The first-order valence-electron chi connectivity index (χ1n) is 9.39. The highest BCUT2D eigenvalue weighted by atomic mass is 32.1. The molecule has 2 amide bonds. The Morgan fingerprint density at radius 1 is 0.774 bits per heavy atom. The summed E-state index contributed by atoms with van der Waals surface area (Å²) in [6.45, 7) is 0. The predicted octanol–water partition coefficient (Wildman–Crippen LogP) is 4.27. The number of anilines is 1. The first-order valence-corrected chi connectivity index (χ1v) is 10.2. The van der Waals surface area contributed by atoms with Crippen LogP contribution in [0.15, 0.2) is 75.9 Å². The van der Waals surface area contributed by atoms with E-state index in [1.54, 1.807) is 36.4 Å². The molecular formula is C23H11N3O4S. The van der Waals surface area contributed by atoms with Crippen molar-refractivity contribution < 1.29 is 14.0 Å². The van der Waals surface area contributed by atoms with Crippen LogP contribution in [0.4, 0.5) is 5.13 Å². The number of rotatable bonds is 2. The Kier molecular flexibility index (Phi) is 3.66. The van der Waals surface area contributed by atoms with Gasteiger partial charge in [-0.15, -0.1) is 0 Å². The van der Waals surface area contributed by atoms with E-state index in [0.29, 0.717) is 21.6 Å². The van der Waals surface area contributed by atoms with Gasteiger partial charge in [0.2, 0.25) is 11.0 Å². The summed E-state index contributed by atoms with van der Waals surface area (Å²) < 4.78 is 6.25. The Morgan fingerprint density at radius 2 is 1.52 bits per heavy atom. The van der Waals surface area contributed by atoms with Gasteiger partial charge in [0.25, 0.3) is 11.8 Å². The minimum absolute atomic E-state index is 0.0881. The monoisotopic (exact) mass is 425 g/mol. The van der Waals surface area contributed by atoms with E-state index < -0.39 is 17.4 Å². The molecule has 0 bridgehead atoms. The zero-order valence-corrected chi connectivity index (χ0v) is 16.6. The molecule has 5 aromatic rings. The second-order valence-corrected chi connectivity index (χ2v) is 8.00. The van der Waals surface area contributed by atoms with E-state index in [1.165, 1.54) is 17.4 Å². The number of amides is 2. The molecule has 31 heavy (non-hydrogen) atoms. The van der Waals surface area contributed by atoms with Gasteiger partial charge in [0.1, 0.15) is 0 Å². The first kappa shape index (κ1) is 17.7. The van der Waals surface area contributed by atoms with E-state index in [-0.39, 0.29) is 17.0 Å². The molecule has 0 saturated carbocycles. The van der Waals surface area contributed by atoms with Crippen molar-refractivity contribution in [3.8, 4) is 11.5 Å². The van der Waals surface area contributed by atoms with E-state index >= 15 is 0 Å². The van der Waals surface area contributed by atoms with Crippen molar-refractivity contribution in [1.29, 1.82) is 0 Å². The highest BCUT2D eigenvalue weighted by Crippen LogP contribution is 2.35. The highest BCUT2D eigenvalue weighted by Gasteiger charge is 2.38. The zero-order valence-electron chi connectivity index (χ0n) is 15.7. The summed E-state index contributed by atoms with van der Waals surface area (Å²) in [7, 11) is 0. The maximum Gasteiger partial charge on any atom is 0.347 e. The van der Waals surface area contributed by atoms with Crippen molar-refractivity contribution in [3.63, 3.8) is 0 Å². The molecule has 0 radical (unpaired) electrons. The lowest BCUT2D eigenvalue weighted by Gasteiger charge is -2.08. The molecule has 1 aliphatic heterocycles. The number of carbonyl (C=O) groups excluding carboxylic acids is 2. The van der Waals surface area contributed by atoms with Crippen LogP contribution in [0.2, 0.25) is 0 Å². The lowest BCUT2D eigenvalue weighted by molar-refractivity contribution is 0.0926. The zero-order chi connectivity index (χ0) is 21.1. The Morgan fingerprint density at radius 3 is 2.35 bits per heavy atom. The first-order chi connectivity index (χ1) is 15.1. The Labute approximate surface area is 178 Å². The molecule has 8 heteroatoms. The summed E-state index contributed by atoms with van der Waals surface area (Å²) in [6.07, 6.45) is 0. The summed E-state index contributed by atoms with van der Waals surface area (Å²) in [5, 5.41) is 0.699. The van der Waals surface area contributed by atoms with Crippen molar-refractivity contribution in [2.45, 2.75) is 0 Å². The lowest BCUT2D eigenvalue weighted by atomic mass is 10.1. The van der Waals surface area contributed by atoms with Gasteiger partial charge in [-0.2, -0.15) is 0 Å². The summed E-state index contributed by atoms with van der Waals surface area (Å²) >= 11 is 1.28. The molecule has 0 N–H and O–H groups in total. The van der Waals surface area contributed by atoms with Crippen LogP contribution in [0.1, 0.15) is 20.7 Å². The number of aromatic nitrogens is 2. The third kappa shape index (κ3) is 2.62. The number of nitrogens with zero attached hydrogens (tertiary/aromatic N) is 3. The molecule has 0 saturated heterocycles. The van der Waals surface area contributed by atoms with Crippen LogP contribution in [-0.4, -0.2) is 21.8 Å². The summed E-state index contributed by atoms with van der Waals surface area (Å²) in [6, 6.07) is 19.0. The molecule has 0 unspecified atom stereocenters. The fourth-order valence-corrected chi connectivity index (χ4v) is 4.61. The molecule has 6 rings (SSSR count). The van der Waals surface area contributed by atoms with Crippen LogP contribution >= 0.6 is 11.3 Å². The van der Waals surface area contributed by atoms with E-state index in [1.807, 2.05) is 24.3 Å². The van der Waals surface area contributed by atoms with Crippen molar-refractivity contribution in [1.82, 2.24) is 9.97 Å². The van der Waals surface area contributed by atoms with Gasteiger partial charge in [-0.1, -0.05) is 35.6 Å². The molecule has 0 atom stereocenters. The summed E-state index contributed by atoms with van der Waals surface area (Å²) in [4.78, 5) is 48.3. The van der Waals surface area contributed by atoms with Gasteiger partial charge >= 0.3 is 5.63 Å². The average molecular weight is 425 g/mol. The van der Waals surface area contributed by atoms with Gasteiger partial charge in [0, 0.05) is 5.56 Å². The van der Waals surface area contributed by atoms with Crippen LogP contribution in [0.5, 0.6) is 0 Å². The molecule has 148 valence electrons. The Hall–Kier alpha value is -4.17. The topological polar surface area (TPSA) is 93.4 Å². The molecule has 0 fully saturated rings. The molecule has 2 aromatic heterocycles. The third-order valence-electron chi connectivity index (χ3n) is 5.14. The van der Waals surface area contributed by atoms with Crippen LogP contribution in [0.25, 0.3) is 32.6 Å². The van der Waals surface area contributed by atoms with Gasteiger partial charge < -0.3 is 4.42 Å². The highest BCUT2D eigenvalue weighted by molar-refractivity contribution is 7.22. The summed E-state index contributed by atoms with van der Waals surface area (Å²) in [5.74, 6) is -0.812. The van der Waals surface area contributed by atoms with Gasteiger partial charge in [0.05, 0.1) is 32.2 Å². The minimum atomic E-state index is -0.514. The third-order valence-corrected chi connectivity index (χ3v) is 6.16. The van der Waals surface area contributed by atoms with Gasteiger partial charge in [-0.3, -0.25) is 9.59 Å². The van der Waals surface area contributed by atoms with Gasteiger partial charge in [0.15, 0.2) is 0 Å². The van der Waals surface area contributed by atoms with E-state index in [9.17, 15) is 14.4 Å². The standard InChI is InChI=1S/C23H11N3O4S/c27-20-13-10-9-12(19-24-16-6-2-1-5-14(16)22(29)30-19)11-15(13)21(28)26(20)23-25-17-7-3-4-8-18(17)31-23/h1-11H. The number of benzene rings is 3. The second-order valence-electron chi connectivity index (χ2n) is 6.99. The number of hydrogen-bond acceptors (Lipinski definition) is 7. The quantitative estimate of drug-likeness (QED) is 0.392. The van der Waals surface area contributed by atoms with Crippen LogP contribution in [0, 0.1) is 0 Å². The molecule has 3 heterocycles. The molecule has 7 nitrogen and oxygen atoms in total. The number of fused-ring (bicyclic) bond motifs is 3. The number of carbonyl (C=O) groups is 2. The lowest BCUT2D eigenvalue weighted by Crippen LogP contribution is -2.29. The number of imide groups is 1. The van der Waals surface area contributed by atoms with Gasteiger partial charge in [-0.25, -0.2) is 19.7 Å². The minimum Gasteiger partial charge on any atom is -0.403 e. The molecule has 0 spiro atoms. The van der Waals surface area contributed by atoms with E-state index in [4.69, 9.17) is 4.42 Å². The van der Waals surface area contributed by atoms with Crippen molar-refractivity contribution >= 4 is 49.4 Å². The largest absolute Gasteiger partial charge is 0.403 e.